The van der Waals surface area contributed by atoms with E-state index in [1.54, 1.807) is 0 Å². The molecule has 0 spiro atoms. The number of rotatable bonds is 4. The van der Waals surface area contributed by atoms with Gasteiger partial charge in [0.15, 0.2) is 0 Å². The summed E-state index contributed by atoms with van der Waals surface area (Å²) in [6.07, 6.45) is 6.34. The Bertz CT molecular complexity index is 193. The molecule has 16 heavy (non-hydrogen) atoms. The van der Waals surface area contributed by atoms with Gasteiger partial charge in [-0.1, -0.05) is 40.5 Å². The summed E-state index contributed by atoms with van der Waals surface area (Å²) < 4.78 is 0. The van der Waals surface area contributed by atoms with Gasteiger partial charge in [-0.25, -0.2) is 0 Å². The maximum Gasteiger partial charge on any atom is 0.0584 e. The summed E-state index contributed by atoms with van der Waals surface area (Å²) in [5, 5.41) is 12.9. The van der Waals surface area contributed by atoms with E-state index in [1.807, 2.05) is 0 Å². The lowest BCUT2D eigenvalue weighted by atomic mass is 9.69. The number of aliphatic hydroxyl groups excluding tert-OH is 1. The molecule has 2 N–H and O–H groups in total. The van der Waals surface area contributed by atoms with Gasteiger partial charge in [-0.05, 0) is 30.6 Å². The van der Waals surface area contributed by atoms with Gasteiger partial charge in [0.1, 0.15) is 0 Å². The van der Waals surface area contributed by atoms with E-state index in [9.17, 15) is 5.11 Å². The Labute approximate surface area is 101 Å². The first kappa shape index (κ1) is 14.0. The van der Waals surface area contributed by atoms with Crippen LogP contribution in [0, 0.1) is 11.3 Å². The van der Waals surface area contributed by atoms with E-state index in [2.05, 4.69) is 33.0 Å². The molecule has 2 heteroatoms. The second-order valence-corrected chi connectivity index (χ2v) is 6.32. The molecule has 1 saturated carbocycles. The van der Waals surface area contributed by atoms with E-state index in [0.717, 1.165) is 12.3 Å². The molecule has 0 bridgehead atoms. The molecule has 1 fully saturated rings. The van der Waals surface area contributed by atoms with E-state index in [4.69, 9.17) is 0 Å². The largest absolute Gasteiger partial charge is 0.395 e. The molecular formula is C14H29NO. The Morgan fingerprint density at radius 3 is 2.38 bits per heavy atom. The van der Waals surface area contributed by atoms with Crippen LogP contribution in [-0.2, 0) is 0 Å². The zero-order chi connectivity index (χ0) is 12.2. The van der Waals surface area contributed by atoms with Gasteiger partial charge in [-0.3, -0.25) is 0 Å². The van der Waals surface area contributed by atoms with Crippen molar-refractivity contribution >= 4 is 0 Å². The van der Waals surface area contributed by atoms with Crippen molar-refractivity contribution < 1.29 is 5.11 Å². The fraction of sp³-hybridized carbons (Fsp3) is 1.00. The zero-order valence-electron chi connectivity index (χ0n) is 11.4. The number of aliphatic hydroxyl groups is 1. The third-order valence-electron chi connectivity index (χ3n) is 4.04. The maximum absolute atomic E-state index is 9.28. The van der Waals surface area contributed by atoms with Crippen molar-refractivity contribution in [2.75, 3.05) is 6.61 Å². The molecule has 3 unspecified atom stereocenters. The van der Waals surface area contributed by atoms with Crippen LogP contribution < -0.4 is 5.32 Å². The van der Waals surface area contributed by atoms with Gasteiger partial charge in [0, 0.05) is 12.1 Å². The van der Waals surface area contributed by atoms with Crippen molar-refractivity contribution in [1.82, 2.24) is 5.32 Å². The molecule has 0 radical (unpaired) electrons. The van der Waals surface area contributed by atoms with Gasteiger partial charge in [-0.15, -0.1) is 0 Å². The third-order valence-corrected chi connectivity index (χ3v) is 4.04. The topological polar surface area (TPSA) is 32.3 Å². The lowest BCUT2D eigenvalue weighted by molar-refractivity contribution is 0.111. The van der Waals surface area contributed by atoms with Crippen molar-refractivity contribution in [2.24, 2.45) is 11.3 Å². The molecule has 96 valence electrons. The van der Waals surface area contributed by atoms with Crippen molar-refractivity contribution in [2.45, 2.75) is 71.9 Å². The second-order valence-electron chi connectivity index (χ2n) is 6.32. The Hall–Kier alpha value is -0.0800. The molecule has 0 saturated heterocycles. The molecule has 0 amide bonds. The van der Waals surface area contributed by atoms with Gasteiger partial charge in [0.05, 0.1) is 6.61 Å². The molecule has 1 aliphatic rings. The van der Waals surface area contributed by atoms with Crippen LogP contribution in [0.1, 0.15) is 59.8 Å². The van der Waals surface area contributed by atoms with Crippen LogP contribution in [0.4, 0.5) is 0 Å². The third kappa shape index (κ3) is 3.74. The van der Waals surface area contributed by atoms with Gasteiger partial charge in [-0.2, -0.15) is 0 Å². The smallest absolute Gasteiger partial charge is 0.0584 e. The minimum absolute atomic E-state index is 0.268. The Morgan fingerprint density at radius 1 is 1.25 bits per heavy atom. The molecule has 0 aromatic carbocycles. The van der Waals surface area contributed by atoms with Crippen molar-refractivity contribution in [3.63, 3.8) is 0 Å². The van der Waals surface area contributed by atoms with Gasteiger partial charge >= 0.3 is 0 Å². The Kier molecular flexibility index (Phi) is 5.26. The van der Waals surface area contributed by atoms with E-state index in [-0.39, 0.29) is 12.6 Å². The summed E-state index contributed by atoms with van der Waals surface area (Å²) in [5.74, 6) is 0.752. The average molecular weight is 227 g/mol. The summed E-state index contributed by atoms with van der Waals surface area (Å²) in [6, 6.07) is 0.888. The minimum Gasteiger partial charge on any atom is -0.395 e. The Morgan fingerprint density at radius 2 is 1.88 bits per heavy atom. The lowest BCUT2D eigenvalue weighted by Gasteiger charge is -2.42. The highest BCUT2D eigenvalue weighted by molar-refractivity contribution is 4.89. The SMILES string of the molecule is CCC(CO)NC1CCCCC1C(C)(C)C. The molecule has 1 rings (SSSR count). The monoisotopic (exact) mass is 227 g/mol. The summed E-state index contributed by atoms with van der Waals surface area (Å²) >= 11 is 0. The van der Waals surface area contributed by atoms with E-state index < -0.39 is 0 Å². The van der Waals surface area contributed by atoms with Crippen LogP contribution in [0.2, 0.25) is 0 Å². The maximum atomic E-state index is 9.28. The molecule has 0 aliphatic heterocycles. The quantitative estimate of drug-likeness (QED) is 0.774. The highest BCUT2D eigenvalue weighted by Gasteiger charge is 2.34. The molecule has 2 nitrogen and oxygen atoms in total. The number of hydrogen-bond donors (Lipinski definition) is 2. The summed E-state index contributed by atoms with van der Waals surface area (Å²) in [7, 11) is 0. The van der Waals surface area contributed by atoms with E-state index >= 15 is 0 Å². The predicted molar refractivity (Wildman–Crippen MR) is 69.5 cm³/mol. The average Bonchev–Trinajstić information content (AvgIpc) is 2.25. The lowest BCUT2D eigenvalue weighted by Crippen LogP contribution is -2.49. The number of hydrogen-bond acceptors (Lipinski definition) is 2. The minimum atomic E-state index is 0.268. The Balaban J connectivity index is 2.60. The van der Waals surface area contributed by atoms with Crippen LogP contribution >= 0.6 is 0 Å². The zero-order valence-corrected chi connectivity index (χ0v) is 11.4. The second kappa shape index (κ2) is 6.02. The van der Waals surface area contributed by atoms with E-state index in [1.165, 1.54) is 25.7 Å². The van der Waals surface area contributed by atoms with Gasteiger partial charge < -0.3 is 10.4 Å². The number of nitrogens with one attached hydrogen (secondary N) is 1. The predicted octanol–water partition coefficient (Wildman–Crippen LogP) is 2.95. The van der Waals surface area contributed by atoms with Crippen LogP contribution in [0.5, 0.6) is 0 Å². The summed E-state index contributed by atoms with van der Waals surface area (Å²) in [6.45, 7) is 9.44. The first-order valence-electron chi connectivity index (χ1n) is 6.86. The van der Waals surface area contributed by atoms with E-state index in [0.29, 0.717) is 11.5 Å². The fourth-order valence-corrected chi connectivity index (χ4v) is 2.97. The summed E-state index contributed by atoms with van der Waals surface area (Å²) in [5.41, 5.74) is 0.381. The van der Waals surface area contributed by atoms with Crippen molar-refractivity contribution in [1.29, 1.82) is 0 Å². The van der Waals surface area contributed by atoms with Gasteiger partial charge in [0.2, 0.25) is 0 Å². The van der Waals surface area contributed by atoms with Crippen LogP contribution in [-0.4, -0.2) is 23.8 Å². The fourth-order valence-electron chi connectivity index (χ4n) is 2.97. The van der Waals surface area contributed by atoms with Crippen molar-refractivity contribution in [3.05, 3.63) is 0 Å². The van der Waals surface area contributed by atoms with Crippen LogP contribution in [0.3, 0.4) is 0 Å². The van der Waals surface area contributed by atoms with Crippen LogP contribution in [0.25, 0.3) is 0 Å². The molecule has 0 aromatic rings. The molecule has 0 aromatic heterocycles. The van der Waals surface area contributed by atoms with Gasteiger partial charge in [0.25, 0.3) is 0 Å². The first-order valence-corrected chi connectivity index (χ1v) is 6.86. The highest BCUT2D eigenvalue weighted by Crippen LogP contribution is 2.38. The highest BCUT2D eigenvalue weighted by atomic mass is 16.3. The molecule has 0 heterocycles. The first-order chi connectivity index (χ1) is 7.49. The molecular weight excluding hydrogens is 198 g/mol. The molecule has 3 atom stereocenters. The summed E-state index contributed by atoms with van der Waals surface area (Å²) in [4.78, 5) is 0. The molecule has 1 aliphatic carbocycles. The standard InChI is InChI=1S/C14H29NO/c1-5-11(10-16)15-13-9-7-6-8-12(13)14(2,3)4/h11-13,15-16H,5-10H2,1-4H3. The normalized spacial score (nSPS) is 29.1. The van der Waals surface area contributed by atoms with Crippen molar-refractivity contribution in [3.8, 4) is 0 Å². The van der Waals surface area contributed by atoms with Crippen LogP contribution in [0.15, 0.2) is 0 Å².